The zero-order valence-corrected chi connectivity index (χ0v) is 16.8. The summed E-state index contributed by atoms with van der Waals surface area (Å²) in [6.45, 7) is 5.57. The Labute approximate surface area is 164 Å². The molecule has 26 heavy (non-hydrogen) atoms. The molecule has 0 atom stereocenters. The summed E-state index contributed by atoms with van der Waals surface area (Å²) in [6, 6.07) is 8.51. The van der Waals surface area contributed by atoms with E-state index < -0.39 is 5.41 Å². The number of carbonyl (C=O) groups excluding carboxylic acids is 1. The first-order valence-electron chi connectivity index (χ1n) is 8.63. The van der Waals surface area contributed by atoms with Gasteiger partial charge in [-0.05, 0) is 32.3 Å². The van der Waals surface area contributed by atoms with E-state index in [4.69, 9.17) is 10.5 Å². The highest BCUT2D eigenvalue weighted by atomic mass is 35.5. The van der Waals surface area contributed by atoms with Gasteiger partial charge in [-0.15, -0.1) is 23.7 Å². The number of ether oxygens (including phenoxy) is 1. The summed E-state index contributed by atoms with van der Waals surface area (Å²) in [5.41, 5.74) is 8.84. The predicted molar refractivity (Wildman–Crippen MR) is 108 cm³/mol. The summed E-state index contributed by atoms with van der Waals surface area (Å²) < 4.78 is 5.38. The first-order valence-corrected chi connectivity index (χ1v) is 9.45. The molecule has 0 aliphatic carbocycles. The van der Waals surface area contributed by atoms with E-state index in [1.165, 1.54) is 16.0 Å². The normalized spacial score (nSPS) is 16.0. The van der Waals surface area contributed by atoms with Crippen LogP contribution in [0.3, 0.4) is 0 Å². The Bertz CT molecular complexity index is 740. The fourth-order valence-corrected chi connectivity index (χ4v) is 4.04. The second-order valence-electron chi connectivity index (χ2n) is 6.74. The lowest BCUT2D eigenvalue weighted by Crippen LogP contribution is -2.46. The number of nitrogens with one attached hydrogen (secondary N) is 1. The van der Waals surface area contributed by atoms with Crippen LogP contribution >= 0.6 is 23.7 Å². The lowest BCUT2D eigenvalue weighted by molar-refractivity contribution is -0.130. The third kappa shape index (κ3) is 4.62. The van der Waals surface area contributed by atoms with Gasteiger partial charge in [0.05, 0.1) is 11.1 Å². The van der Waals surface area contributed by atoms with E-state index in [2.05, 4.69) is 41.5 Å². The number of hydrogen-bond donors (Lipinski definition) is 2. The number of aromatic nitrogens is 1. The number of carbonyl (C=O) groups is 1. The average molecular weight is 396 g/mol. The van der Waals surface area contributed by atoms with Gasteiger partial charge in [0.15, 0.2) is 5.13 Å². The van der Waals surface area contributed by atoms with E-state index in [-0.39, 0.29) is 18.3 Å². The first-order chi connectivity index (χ1) is 12.0. The Balaban J connectivity index is 0.00000243. The van der Waals surface area contributed by atoms with Gasteiger partial charge in [0, 0.05) is 31.1 Å². The van der Waals surface area contributed by atoms with Crippen LogP contribution in [-0.4, -0.2) is 30.6 Å². The summed E-state index contributed by atoms with van der Waals surface area (Å²) in [5.74, 6) is -0.0334. The number of halogens is 1. The first kappa shape index (κ1) is 20.8. The third-order valence-corrected chi connectivity index (χ3v) is 5.99. The van der Waals surface area contributed by atoms with Gasteiger partial charge in [0.2, 0.25) is 5.91 Å². The molecule has 0 saturated carbocycles. The Morgan fingerprint density at radius 1 is 1.27 bits per heavy atom. The van der Waals surface area contributed by atoms with Gasteiger partial charge in [0.1, 0.15) is 0 Å². The van der Waals surface area contributed by atoms with Crippen molar-refractivity contribution >= 4 is 34.8 Å². The Morgan fingerprint density at radius 3 is 2.54 bits per heavy atom. The van der Waals surface area contributed by atoms with Crippen molar-refractivity contribution in [2.75, 3.05) is 25.1 Å². The quantitative estimate of drug-likeness (QED) is 0.812. The molecule has 0 bridgehead atoms. The molecule has 1 aromatic heterocycles. The lowest BCUT2D eigenvalue weighted by Gasteiger charge is -2.34. The summed E-state index contributed by atoms with van der Waals surface area (Å²) in [5, 5.41) is 3.65. The topological polar surface area (TPSA) is 77.2 Å². The van der Waals surface area contributed by atoms with Crippen LogP contribution in [0.25, 0.3) is 0 Å². The maximum absolute atomic E-state index is 12.8. The molecule has 1 fully saturated rings. The van der Waals surface area contributed by atoms with Gasteiger partial charge in [-0.1, -0.05) is 29.8 Å². The van der Waals surface area contributed by atoms with Crippen LogP contribution in [0.5, 0.6) is 0 Å². The number of amides is 1. The van der Waals surface area contributed by atoms with Crippen molar-refractivity contribution < 1.29 is 9.53 Å². The standard InChI is InChI=1S/C19H25N3O2S.ClH/c1-13-3-5-15(6-4-13)11-16-14(2)21-18(25-16)22-17(23)19(12-20)7-9-24-10-8-19;/h3-6H,7-12,20H2,1-2H3,(H,21,22,23);1H. The summed E-state index contributed by atoms with van der Waals surface area (Å²) in [4.78, 5) is 18.5. The average Bonchev–Trinajstić information content (AvgIpc) is 2.96. The molecule has 1 saturated heterocycles. The SMILES string of the molecule is Cc1ccc(Cc2sc(NC(=O)C3(CN)CCOCC3)nc2C)cc1.Cl. The van der Waals surface area contributed by atoms with Crippen LogP contribution in [0.15, 0.2) is 24.3 Å². The lowest BCUT2D eigenvalue weighted by atomic mass is 9.79. The minimum absolute atomic E-state index is 0. The Morgan fingerprint density at radius 2 is 1.92 bits per heavy atom. The number of thiazole rings is 1. The molecule has 2 aromatic rings. The van der Waals surface area contributed by atoms with Gasteiger partial charge in [-0.25, -0.2) is 4.98 Å². The maximum atomic E-state index is 12.8. The fraction of sp³-hybridized carbons (Fsp3) is 0.474. The molecule has 1 aliphatic heterocycles. The second kappa shape index (κ2) is 8.95. The highest BCUT2D eigenvalue weighted by Crippen LogP contribution is 2.32. The van der Waals surface area contributed by atoms with Gasteiger partial charge >= 0.3 is 0 Å². The van der Waals surface area contributed by atoms with E-state index in [0.29, 0.717) is 37.7 Å². The molecule has 142 valence electrons. The smallest absolute Gasteiger partial charge is 0.233 e. The molecule has 1 aromatic carbocycles. The largest absolute Gasteiger partial charge is 0.381 e. The van der Waals surface area contributed by atoms with Crippen LogP contribution in [0.1, 0.15) is 34.5 Å². The molecule has 1 aliphatic rings. The third-order valence-electron chi connectivity index (χ3n) is 4.92. The second-order valence-corrected chi connectivity index (χ2v) is 7.82. The minimum Gasteiger partial charge on any atom is -0.381 e. The molecule has 0 radical (unpaired) electrons. The molecule has 0 spiro atoms. The Hall–Kier alpha value is -1.47. The molecule has 7 heteroatoms. The van der Waals surface area contributed by atoms with Crippen LogP contribution in [-0.2, 0) is 16.0 Å². The van der Waals surface area contributed by atoms with Crippen LogP contribution in [0.4, 0.5) is 5.13 Å². The summed E-state index contributed by atoms with van der Waals surface area (Å²) >= 11 is 1.54. The van der Waals surface area contributed by atoms with Crippen LogP contribution < -0.4 is 11.1 Å². The van der Waals surface area contributed by atoms with E-state index in [0.717, 1.165) is 12.1 Å². The highest BCUT2D eigenvalue weighted by Gasteiger charge is 2.39. The van der Waals surface area contributed by atoms with Gasteiger partial charge < -0.3 is 15.8 Å². The summed E-state index contributed by atoms with van der Waals surface area (Å²) in [7, 11) is 0. The number of anilines is 1. The molecule has 3 N–H and O–H groups in total. The summed E-state index contributed by atoms with van der Waals surface area (Å²) in [6.07, 6.45) is 2.15. The van der Waals surface area contributed by atoms with E-state index in [1.807, 2.05) is 6.92 Å². The molecular formula is C19H26ClN3O2S. The van der Waals surface area contributed by atoms with Gasteiger partial charge in [-0.2, -0.15) is 0 Å². The van der Waals surface area contributed by atoms with Crippen molar-refractivity contribution in [3.63, 3.8) is 0 Å². The molecule has 3 rings (SSSR count). The van der Waals surface area contributed by atoms with Crippen molar-refractivity contribution in [1.82, 2.24) is 4.98 Å². The van der Waals surface area contributed by atoms with Crippen molar-refractivity contribution in [2.45, 2.75) is 33.1 Å². The predicted octanol–water partition coefficient (Wildman–Crippen LogP) is 3.47. The van der Waals surface area contributed by atoms with Crippen molar-refractivity contribution in [3.8, 4) is 0 Å². The maximum Gasteiger partial charge on any atom is 0.233 e. The molecule has 0 unspecified atom stereocenters. The highest BCUT2D eigenvalue weighted by molar-refractivity contribution is 7.15. The molecule has 2 heterocycles. The molecule has 5 nitrogen and oxygen atoms in total. The van der Waals surface area contributed by atoms with E-state index >= 15 is 0 Å². The monoisotopic (exact) mass is 395 g/mol. The molecular weight excluding hydrogens is 370 g/mol. The van der Waals surface area contributed by atoms with Crippen LogP contribution in [0, 0.1) is 19.3 Å². The van der Waals surface area contributed by atoms with E-state index in [9.17, 15) is 4.79 Å². The zero-order valence-electron chi connectivity index (χ0n) is 15.2. The number of nitrogens with zero attached hydrogens (tertiary/aromatic N) is 1. The van der Waals surface area contributed by atoms with E-state index in [1.54, 1.807) is 11.3 Å². The number of rotatable bonds is 5. The van der Waals surface area contributed by atoms with Crippen molar-refractivity contribution in [3.05, 3.63) is 46.0 Å². The van der Waals surface area contributed by atoms with Crippen LogP contribution in [0.2, 0.25) is 0 Å². The number of aryl methyl sites for hydroxylation is 2. The number of nitrogens with two attached hydrogens (primary N) is 1. The number of hydrogen-bond acceptors (Lipinski definition) is 5. The molecule has 1 amide bonds. The van der Waals surface area contributed by atoms with Crippen molar-refractivity contribution in [2.24, 2.45) is 11.1 Å². The van der Waals surface area contributed by atoms with Gasteiger partial charge in [-0.3, -0.25) is 4.79 Å². The van der Waals surface area contributed by atoms with Crippen molar-refractivity contribution in [1.29, 1.82) is 0 Å². The van der Waals surface area contributed by atoms with Gasteiger partial charge in [0.25, 0.3) is 0 Å². The number of benzene rings is 1. The zero-order chi connectivity index (χ0) is 17.9. The Kier molecular flexibility index (Phi) is 7.17. The fourth-order valence-electron chi connectivity index (χ4n) is 3.05. The minimum atomic E-state index is -0.533.